The Morgan fingerprint density at radius 3 is 2.62 bits per heavy atom. The molecule has 1 fully saturated rings. The predicted molar refractivity (Wildman–Crippen MR) is 70.8 cm³/mol. The summed E-state index contributed by atoms with van der Waals surface area (Å²) in [7, 11) is 0. The van der Waals surface area contributed by atoms with Crippen LogP contribution in [0.25, 0.3) is 0 Å². The minimum absolute atomic E-state index is 0.946. The molecule has 2 rings (SSSR count). The van der Waals surface area contributed by atoms with Crippen LogP contribution in [0.4, 0.5) is 0 Å². The third kappa shape index (κ3) is 4.18. The van der Waals surface area contributed by atoms with Crippen molar-refractivity contribution in [1.29, 1.82) is 0 Å². The molecule has 0 spiro atoms. The van der Waals surface area contributed by atoms with Crippen LogP contribution < -0.4 is 5.32 Å². The number of hydrogen-bond acceptors (Lipinski definition) is 1. The third-order valence-electron chi connectivity index (χ3n) is 3.26. The van der Waals surface area contributed by atoms with E-state index < -0.39 is 0 Å². The maximum atomic E-state index is 2.57. The summed E-state index contributed by atoms with van der Waals surface area (Å²) in [5, 5.41) is 2.57. The summed E-state index contributed by atoms with van der Waals surface area (Å²) in [4.78, 5) is 1.41. The average molecular weight is 236 g/mol. The first kappa shape index (κ1) is 12.0. The molecule has 1 aromatic rings. The van der Waals surface area contributed by atoms with Crippen LogP contribution in [-0.2, 0) is 0 Å². The fraction of sp³-hybridized carbons (Fsp3) is 0.571. The van der Waals surface area contributed by atoms with E-state index in [0.29, 0.717) is 0 Å². The highest BCUT2D eigenvalue weighted by Crippen LogP contribution is 2.17. The van der Waals surface area contributed by atoms with Gasteiger partial charge in [0, 0.05) is 17.1 Å². The number of hydrogen-bond donors (Lipinski definition) is 1. The molecule has 0 atom stereocenters. The van der Waals surface area contributed by atoms with Crippen molar-refractivity contribution in [2.45, 2.75) is 43.0 Å². The Kier molecular flexibility index (Phi) is 5.23. The first-order valence-corrected chi connectivity index (χ1v) is 7.45. The zero-order chi connectivity index (χ0) is 11.1. The lowest BCUT2D eigenvalue weighted by atomic mass is 10.2. The van der Waals surface area contributed by atoms with E-state index in [1.165, 1.54) is 49.3 Å². The standard InChI is InChI=1S/C14H21NS/c1-2-9-14(10-3-1)16-12-6-11-15-13-7-4-5-8-13/h1-3,9-10,13,15H,4-8,11-12H2/p+1. The smallest absolute Gasteiger partial charge is 0.0859 e. The van der Waals surface area contributed by atoms with E-state index >= 15 is 0 Å². The molecule has 1 aromatic carbocycles. The predicted octanol–water partition coefficient (Wildman–Crippen LogP) is 2.67. The minimum atomic E-state index is 0.946. The molecular formula is C14H22NS+. The SMILES string of the molecule is c1ccc(SCCC[NH2+]C2CCCC2)cc1. The van der Waals surface area contributed by atoms with Crippen molar-refractivity contribution in [2.24, 2.45) is 0 Å². The molecule has 0 heterocycles. The summed E-state index contributed by atoms with van der Waals surface area (Å²) in [5.74, 6) is 1.26. The molecule has 0 aliphatic heterocycles. The van der Waals surface area contributed by atoms with Crippen molar-refractivity contribution in [3.05, 3.63) is 30.3 Å². The molecule has 88 valence electrons. The Hall–Kier alpha value is -0.470. The second kappa shape index (κ2) is 6.97. The molecule has 0 radical (unpaired) electrons. The summed E-state index contributed by atoms with van der Waals surface area (Å²) >= 11 is 1.98. The minimum Gasteiger partial charge on any atom is -0.344 e. The molecule has 1 nitrogen and oxygen atoms in total. The zero-order valence-corrected chi connectivity index (χ0v) is 10.7. The van der Waals surface area contributed by atoms with Crippen LogP contribution in [0, 0.1) is 0 Å². The van der Waals surface area contributed by atoms with Crippen molar-refractivity contribution in [3.8, 4) is 0 Å². The van der Waals surface area contributed by atoms with Gasteiger partial charge >= 0.3 is 0 Å². The molecular weight excluding hydrogens is 214 g/mol. The number of benzene rings is 1. The van der Waals surface area contributed by atoms with Crippen molar-refractivity contribution < 1.29 is 5.32 Å². The Labute approximate surface area is 103 Å². The lowest BCUT2D eigenvalue weighted by Gasteiger charge is -2.07. The topological polar surface area (TPSA) is 16.6 Å². The Bertz CT molecular complexity index is 280. The number of thioether (sulfide) groups is 1. The maximum absolute atomic E-state index is 2.57. The fourth-order valence-electron chi connectivity index (χ4n) is 2.34. The lowest BCUT2D eigenvalue weighted by Crippen LogP contribution is -2.89. The molecule has 0 bridgehead atoms. The monoisotopic (exact) mass is 236 g/mol. The van der Waals surface area contributed by atoms with Gasteiger partial charge in [0.05, 0.1) is 12.6 Å². The second-order valence-electron chi connectivity index (χ2n) is 4.58. The quantitative estimate of drug-likeness (QED) is 0.593. The van der Waals surface area contributed by atoms with Gasteiger partial charge in [0.2, 0.25) is 0 Å². The fourth-order valence-corrected chi connectivity index (χ4v) is 3.23. The van der Waals surface area contributed by atoms with Gasteiger partial charge in [0.15, 0.2) is 0 Å². The summed E-state index contributed by atoms with van der Waals surface area (Å²) < 4.78 is 0. The lowest BCUT2D eigenvalue weighted by molar-refractivity contribution is -0.687. The molecule has 1 aliphatic rings. The van der Waals surface area contributed by atoms with Crippen LogP contribution >= 0.6 is 11.8 Å². The maximum Gasteiger partial charge on any atom is 0.0859 e. The van der Waals surface area contributed by atoms with Gasteiger partial charge in [-0.2, -0.15) is 0 Å². The van der Waals surface area contributed by atoms with Gasteiger partial charge < -0.3 is 5.32 Å². The summed E-state index contributed by atoms with van der Waals surface area (Å²) in [6, 6.07) is 11.7. The number of nitrogens with two attached hydrogens (primary N) is 1. The van der Waals surface area contributed by atoms with Gasteiger partial charge in [-0.25, -0.2) is 0 Å². The van der Waals surface area contributed by atoms with Gasteiger partial charge in [-0.05, 0) is 37.8 Å². The highest BCUT2D eigenvalue weighted by Gasteiger charge is 2.16. The summed E-state index contributed by atoms with van der Waals surface area (Å²) in [6.07, 6.45) is 7.15. The van der Waals surface area contributed by atoms with Crippen LogP contribution in [0.3, 0.4) is 0 Å². The van der Waals surface area contributed by atoms with Gasteiger partial charge in [0.1, 0.15) is 0 Å². The van der Waals surface area contributed by atoms with Gasteiger partial charge in [-0.3, -0.25) is 0 Å². The van der Waals surface area contributed by atoms with Crippen LogP contribution in [0.5, 0.6) is 0 Å². The largest absolute Gasteiger partial charge is 0.344 e. The Morgan fingerprint density at radius 2 is 1.88 bits per heavy atom. The van der Waals surface area contributed by atoms with E-state index in [-0.39, 0.29) is 0 Å². The van der Waals surface area contributed by atoms with Gasteiger partial charge in [0.25, 0.3) is 0 Å². The van der Waals surface area contributed by atoms with Gasteiger partial charge in [-0.15, -0.1) is 11.8 Å². The molecule has 2 heteroatoms. The Balaban J connectivity index is 1.52. The average Bonchev–Trinajstić information content (AvgIpc) is 2.83. The third-order valence-corrected chi connectivity index (χ3v) is 4.36. The van der Waals surface area contributed by atoms with Crippen LogP contribution in [0.2, 0.25) is 0 Å². The van der Waals surface area contributed by atoms with E-state index in [2.05, 4.69) is 35.6 Å². The van der Waals surface area contributed by atoms with E-state index in [1.54, 1.807) is 0 Å². The summed E-state index contributed by atoms with van der Waals surface area (Å²) in [6.45, 7) is 1.31. The van der Waals surface area contributed by atoms with E-state index in [9.17, 15) is 0 Å². The normalized spacial score (nSPS) is 16.8. The molecule has 1 aliphatic carbocycles. The molecule has 0 saturated heterocycles. The number of rotatable bonds is 6. The molecule has 0 unspecified atom stereocenters. The van der Waals surface area contributed by atoms with Crippen LogP contribution in [0.15, 0.2) is 35.2 Å². The van der Waals surface area contributed by atoms with E-state index in [1.807, 2.05) is 11.8 Å². The van der Waals surface area contributed by atoms with Gasteiger partial charge in [-0.1, -0.05) is 18.2 Å². The van der Waals surface area contributed by atoms with Crippen LogP contribution in [-0.4, -0.2) is 18.3 Å². The van der Waals surface area contributed by atoms with Crippen LogP contribution in [0.1, 0.15) is 32.1 Å². The van der Waals surface area contributed by atoms with Crippen molar-refractivity contribution in [3.63, 3.8) is 0 Å². The highest BCUT2D eigenvalue weighted by molar-refractivity contribution is 7.99. The highest BCUT2D eigenvalue weighted by atomic mass is 32.2. The molecule has 1 saturated carbocycles. The first-order chi connectivity index (χ1) is 7.95. The number of quaternary nitrogens is 1. The van der Waals surface area contributed by atoms with Crippen molar-refractivity contribution in [1.82, 2.24) is 0 Å². The van der Waals surface area contributed by atoms with E-state index in [0.717, 1.165) is 6.04 Å². The Morgan fingerprint density at radius 1 is 1.12 bits per heavy atom. The van der Waals surface area contributed by atoms with Crippen molar-refractivity contribution in [2.75, 3.05) is 12.3 Å². The molecule has 0 aromatic heterocycles. The summed E-state index contributed by atoms with van der Waals surface area (Å²) in [5.41, 5.74) is 0. The van der Waals surface area contributed by atoms with E-state index in [4.69, 9.17) is 0 Å². The van der Waals surface area contributed by atoms with Crippen molar-refractivity contribution >= 4 is 11.8 Å². The zero-order valence-electron chi connectivity index (χ0n) is 9.90. The molecule has 0 amide bonds. The second-order valence-corrected chi connectivity index (χ2v) is 5.75. The first-order valence-electron chi connectivity index (χ1n) is 6.46. The molecule has 2 N–H and O–H groups in total. The molecule has 16 heavy (non-hydrogen) atoms.